The Kier molecular flexibility index (Phi) is 4.76. The first-order valence-electron chi connectivity index (χ1n) is 7.88. The van der Waals surface area contributed by atoms with Crippen LogP contribution in [-0.2, 0) is 6.54 Å². The van der Waals surface area contributed by atoms with Crippen molar-refractivity contribution in [2.75, 3.05) is 25.1 Å². The maximum atomic E-state index is 12.4. The highest BCUT2D eigenvalue weighted by atomic mass is 16.5. The minimum absolute atomic E-state index is 0.121. The number of carbonyl (C=O) groups excluding carboxylic acids is 1. The van der Waals surface area contributed by atoms with Gasteiger partial charge in [-0.3, -0.25) is 9.78 Å². The topological polar surface area (TPSA) is 54.5 Å². The summed E-state index contributed by atoms with van der Waals surface area (Å²) in [7, 11) is 1.63. The van der Waals surface area contributed by atoms with Gasteiger partial charge in [0, 0.05) is 31.4 Å². The van der Waals surface area contributed by atoms with Crippen LogP contribution in [0.25, 0.3) is 0 Å². The van der Waals surface area contributed by atoms with Crippen molar-refractivity contribution >= 4 is 11.6 Å². The van der Waals surface area contributed by atoms with E-state index in [4.69, 9.17) is 4.74 Å². The van der Waals surface area contributed by atoms with E-state index < -0.39 is 0 Å². The Balaban J connectivity index is 1.67. The van der Waals surface area contributed by atoms with Crippen LogP contribution < -0.4 is 15.0 Å². The van der Waals surface area contributed by atoms with Crippen molar-refractivity contribution in [1.29, 1.82) is 0 Å². The average Bonchev–Trinajstić information content (AvgIpc) is 3.14. The molecule has 1 aliphatic rings. The third-order valence-electron chi connectivity index (χ3n) is 4.09. The Hall–Kier alpha value is -2.56. The van der Waals surface area contributed by atoms with E-state index in [1.165, 1.54) is 12.8 Å². The number of hydrogen-bond acceptors (Lipinski definition) is 4. The lowest BCUT2D eigenvalue weighted by molar-refractivity contribution is 0.0950. The summed E-state index contributed by atoms with van der Waals surface area (Å²) in [5, 5.41) is 2.93. The number of amides is 1. The summed E-state index contributed by atoms with van der Waals surface area (Å²) < 4.78 is 5.30. The highest BCUT2D eigenvalue weighted by Crippen LogP contribution is 2.20. The average molecular weight is 311 g/mol. The van der Waals surface area contributed by atoms with Gasteiger partial charge >= 0.3 is 0 Å². The van der Waals surface area contributed by atoms with Crippen molar-refractivity contribution in [1.82, 2.24) is 10.3 Å². The molecule has 3 rings (SSSR count). The molecule has 120 valence electrons. The van der Waals surface area contributed by atoms with E-state index in [0.29, 0.717) is 12.1 Å². The molecule has 23 heavy (non-hydrogen) atoms. The molecule has 0 saturated carbocycles. The fourth-order valence-corrected chi connectivity index (χ4v) is 2.83. The Labute approximate surface area is 136 Å². The first kappa shape index (κ1) is 15.3. The molecule has 2 heterocycles. The van der Waals surface area contributed by atoms with Gasteiger partial charge in [-0.1, -0.05) is 18.2 Å². The van der Waals surface area contributed by atoms with Crippen LogP contribution >= 0.6 is 0 Å². The number of methoxy groups -OCH3 is 1. The van der Waals surface area contributed by atoms with Gasteiger partial charge in [-0.25, -0.2) is 0 Å². The molecule has 1 amide bonds. The summed E-state index contributed by atoms with van der Waals surface area (Å²) in [5.74, 6) is 0.654. The maximum Gasteiger partial charge on any atom is 0.253 e. The van der Waals surface area contributed by atoms with E-state index in [9.17, 15) is 4.79 Å². The molecule has 5 nitrogen and oxygen atoms in total. The monoisotopic (exact) mass is 311 g/mol. The minimum atomic E-state index is -0.121. The van der Waals surface area contributed by atoms with Crippen LogP contribution in [0, 0.1) is 0 Å². The van der Waals surface area contributed by atoms with Gasteiger partial charge in [0.25, 0.3) is 5.91 Å². The number of hydrogen-bond donors (Lipinski definition) is 1. The lowest BCUT2D eigenvalue weighted by Gasteiger charge is -2.17. The number of nitrogens with zero attached hydrogens (tertiary/aromatic N) is 2. The summed E-state index contributed by atoms with van der Waals surface area (Å²) in [6.45, 7) is 2.50. The summed E-state index contributed by atoms with van der Waals surface area (Å²) >= 11 is 0. The normalized spacial score (nSPS) is 13.9. The second kappa shape index (κ2) is 7.13. The number of anilines is 1. The van der Waals surface area contributed by atoms with E-state index in [-0.39, 0.29) is 5.91 Å². The van der Waals surface area contributed by atoms with Crippen LogP contribution in [-0.4, -0.2) is 31.1 Å². The van der Waals surface area contributed by atoms with Gasteiger partial charge in [0.05, 0.1) is 24.6 Å². The van der Waals surface area contributed by atoms with Crippen molar-refractivity contribution in [3.8, 4) is 5.75 Å². The standard InChI is InChI=1S/C18H21N3O2/c1-23-17-7-3-2-6-14(17)12-20-18(22)15-10-16(13-19-11-15)21-8-4-5-9-21/h2-3,6-7,10-11,13H,4-5,8-9,12H2,1H3,(H,20,22). The molecule has 1 aliphatic heterocycles. The fourth-order valence-electron chi connectivity index (χ4n) is 2.83. The second-order valence-corrected chi connectivity index (χ2v) is 5.62. The zero-order chi connectivity index (χ0) is 16.1. The van der Waals surface area contributed by atoms with E-state index in [1.54, 1.807) is 13.3 Å². The molecule has 0 bridgehead atoms. The number of ether oxygens (including phenoxy) is 1. The number of aromatic nitrogens is 1. The second-order valence-electron chi connectivity index (χ2n) is 5.62. The van der Waals surface area contributed by atoms with Crippen LogP contribution in [0.1, 0.15) is 28.8 Å². The van der Waals surface area contributed by atoms with Crippen molar-refractivity contribution < 1.29 is 9.53 Å². The molecule has 1 N–H and O–H groups in total. The van der Waals surface area contributed by atoms with Crippen LogP contribution in [0.5, 0.6) is 5.75 Å². The number of para-hydroxylation sites is 1. The summed E-state index contributed by atoms with van der Waals surface area (Å²) in [5.41, 5.74) is 2.56. The van der Waals surface area contributed by atoms with Crippen molar-refractivity contribution in [2.45, 2.75) is 19.4 Å². The number of nitrogens with one attached hydrogen (secondary N) is 1. The molecule has 0 atom stereocenters. The van der Waals surface area contributed by atoms with Crippen molar-refractivity contribution in [3.05, 3.63) is 53.9 Å². The number of pyridine rings is 1. The van der Waals surface area contributed by atoms with Crippen LogP contribution in [0.3, 0.4) is 0 Å². The molecule has 1 saturated heterocycles. The molecule has 5 heteroatoms. The third kappa shape index (κ3) is 3.62. The summed E-state index contributed by atoms with van der Waals surface area (Å²) in [6.07, 6.45) is 5.83. The first-order chi connectivity index (χ1) is 11.3. The SMILES string of the molecule is COc1ccccc1CNC(=O)c1cncc(N2CCCC2)c1. The van der Waals surface area contributed by atoms with Gasteiger partial charge in [0.1, 0.15) is 5.75 Å². The smallest absolute Gasteiger partial charge is 0.253 e. The quantitative estimate of drug-likeness (QED) is 0.922. The number of rotatable bonds is 5. The summed E-state index contributed by atoms with van der Waals surface area (Å²) in [6, 6.07) is 9.58. The largest absolute Gasteiger partial charge is 0.496 e. The van der Waals surface area contributed by atoms with Crippen LogP contribution in [0.15, 0.2) is 42.7 Å². The van der Waals surface area contributed by atoms with Crippen LogP contribution in [0.2, 0.25) is 0 Å². The Bertz CT molecular complexity index is 681. The van der Waals surface area contributed by atoms with Gasteiger partial charge in [-0.2, -0.15) is 0 Å². The van der Waals surface area contributed by atoms with E-state index in [2.05, 4.69) is 15.2 Å². The van der Waals surface area contributed by atoms with Gasteiger partial charge in [-0.05, 0) is 25.0 Å². The van der Waals surface area contributed by atoms with Crippen molar-refractivity contribution in [3.63, 3.8) is 0 Å². The van der Waals surface area contributed by atoms with Gasteiger partial charge in [0.2, 0.25) is 0 Å². The molecule has 2 aromatic rings. The molecule has 0 unspecified atom stereocenters. The van der Waals surface area contributed by atoms with Crippen LogP contribution in [0.4, 0.5) is 5.69 Å². The number of carbonyl (C=O) groups is 1. The molecule has 1 aromatic carbocycles. The molecular formula is C18H21N3O2. The Morgan fingerprint density at radius 1 is 1.26 bits per heavy atom. The minimum Gasteiger partial charge on any atom is -0.496 e. The highest BCUT2D eigenvalue weighted by molar-refractivity contribution is 5.94. The van der Waals surface area contributed by atoms with Crippen molar-refractivity contribution in [2.24, 2.45) is 0 Å². The predicted octanol–water partition coefficient (Wildman–Crippen LogP) is 2.62. The first-order valence-corrected chi connectivity index (χ1v) is 7.88. The van der Waals surface area contributed by atoms with Gasteiger partial charge < -0.3 is 15.0 Å². The third-order valence-corrected chi connectivity index (χ3v) is 4.09. The lowest BCUT2D eigenvalue weighted by atomic mass is 10.2. The zero-order valence-electron chi connectivity index (χ0n) is 13.3. The molecule has 0 aliphatic carbocycles. The summed E-state index contributed by atoms with van der Waals surface area (Å²) in [4.78, 5) is 18.9. The molecule has 1 fully saturated rings. The van der Waals surface area contributed by atoms with E-state index in [1.807, 2.05) is 36.5 Å². The Morgan fingerprint density at radius 3 is 2.83 bits per heavy atom. The Morgan fingerprint density at radius 2 is 2.04 bits per heavy atom. The molecular weight excluding hydrogens is 290 g/mol. The fraction of sp³-hybridized carbons (Fsp3) is 0.333. The maximum absolute atomic E-state index is 12.4. The van der Waals surface area contributed by atoms with Gasteiger partial charge in [0.15, 0.2) is 0 Å². The van der Waals surface area contributed by atoms with E-state index in [0.717, 1.165) is 30.1 Å². The van der Waals surface area contributed by atoms with Gasteiger partial charge in [-0.15, -0.1) is 0 Å². The molecule has 0 radical (unpaired) electrons. The lowest BCUT2D eigenvalue weighted by Crippen LogP contribution is -2.24. The highest BCUT2D eigenvalue weighted by Gasteiger charge is 2.15. The number of benzene rings is 1. The molecule has 0 spiro atoms. The predicted molar refractivity (Wildman–Crippen MR) is 89.8 cm³/mol. The zero-order valence-corrected chi connectivity index (χ0v) is 13.3. The molecule has 1 aromatic heterocycles. The van der Waals surface area contributed by atoms with E-state index >= 15 is 0 Å².